The topological polar surface area (TPSA) is 57.0 Å². The number of nitrogens with zero attached hydrogens (tertiary/aromatic N) is 3. The van der Waals surface area contributed by atoms with Gasteiger partial charge in [0.25, 0.3) is 0 Å². The number of aromatic nitrogens is 3. The number of esters is 1. The molecule has 4 rings (SSSR count). The molecule has 4 aromatic rings. The number of pyridine rings is 1. The molecule has 0 unspecified atom stereocenters. The van der Waals surface area contributed by atoms with Crippen molar-refractivity contribution in [2.24, 2.45) is 0 Å². The lowest BCUT2D eigenvalue weighted by molar-refractivity contribution is 0.0528. The summed E-state index contributed by atoms with van der Waals surface area (Å²) in [7, 11) is 0. The maximum atomic E-state index is 12.6. The van der Waals surface area contributed by atoms with Gasteiger partial charge in [-0.05, 0) is 56.0 Å². The lowest BCUT2D eigenvalue weighted by Gasteiger charge is -2.08. The Bertz CT molecular complexity index is 1130. The third-order valence-corrected chi connectivity index (χ3v) is 5.22. The molecule has 3 aromatic heterocycles. The molecule has 0 N–H and O–H groups in total. The van der Waals surface area contributed by atoms with Gasteiger partial charge in [0.1, 0.15) is 0 Å². The van der Waals surface area contributed by atoms with Crippen LogP contribution in [0.4, 0.5) is 0 Å². The largest absolute Gasteiger partial charge is 0.462 e. The van der Waals surface area contributed by atoms with Crippen LogP contribution in [0.2, 0.25) is 0 Å². The van der Waals surface area contributed by atoms with Crippen molar-refractivity contribution in [3.05, 3.63) is 64.7 Å². The van der Waals surface area contributed by atoms with E-state index in [-0.39, 0.29) is 5.97 Å². The molecule has 136 valence electrons. The van der Waals surface area contributed by atoms with E-state index in [1.165, 1.54) is 0 Å². The summed E-state index contributed by atoms with van der Waals surface area (Å²) < 4.78 is 7.10. The van der Waals surface area contributed by atoms with Crippen molar-refractivity contribution in [1.82, 2.24) is 14.8 Å². The molecule has 1 aromatic carbocycles. The van der Waals surface area contributed by atoms with E-state index in [1.807, 2.05) is 49.6 Å². The highest BCUT2D eigenvalue weighted by Crippen LogP contribution is 2.31. The van der Waals surface area contributed by atoms with Gasteiger partial charge in [-0.2, -0.15) is 5.10 Å². The fourth-order valence-electron chi connectivity index (χ4n) is 3.15. The maximum Gasteiger partial charge on any atom is 0.339 e. The fraction of sp³-hybridized carbons (Fsp3) is 0.190. The summed E-state index contributed by atoms with van der Waals surface area (Å²) in [5.74, 6) is -0.352. The van der Waals surface area contributed by atoms with E-state index in [1.54, 1.807) is 29.0 Å². The molecule has 0 atom stereocenters. The Morgan fingerprint density at radius 3 is 2.74 bits per heavy atom. The van der Waals surface area contributed by atoms with Crippen molar-refractivity contribution in [1.29, 1.82) is 0 Å². The number of aryl methyl sites for hydroxylation is 2. The SMILES string of the molecule is CCOC(=O)c1cc(-c2cccs2)nc2c1c(C)nn2-c1cccc(C)c1. The molecule has 0 fully saturated rings. The predicted molar refractivity (Wildman–Crippen MR) is 108 cm³/mol. The summed E-state index contributed by atoms with van der Waals surface area (Å²) in [5, 5.41) is 7.40. The van der Waals surface area contributed by atoms with Crippen molar-refractivity contribution in [3.63, 3.8) is 0 Å². The van der Waals surface area contributed by atoms with E-state index < -0.39 is 0 Å². The second-order valence-electron chi connectivity index (χ2n) is 6.29. The second kappa shape index (κ2) is 6.96. The Morgan fingerprint density at radius 1 is 1.19 bits per heavy atom. The van der Waals surface area contributed by atoms with Crippen molar-refractivity contribution in [2.45, 2.75) is 20.8 Å². The summed E-state index contributed by atoms with van der Waals surface area (Å²) in [4.78, 5) is 18.5. The van der Waals surface area contributed by atoms with Crippen molar-refractivity contribution >= 4 is 28.3 Å². The number of ether oxygens (including phenoxy) is 1. The Hall–Kier alpha value is -2.99. The first-order valence-corrected chi connectivity index (χ1v) is 9.65. The highest BCUT2D eigenvalue weighted by atomic mass is 32.1. The Balaban J connectivity index is 2.03. The first kappa shape index (κ1) is 17.4. The van der Waals surface area contributed by atoms with E-state index in [4.69, 9.17) is 9.72 Å². The molecule has 0 bridgehead atoms. The van der Waals surface area contributed by atoms with Crippen molar-refractivity contribution < 1.29 is 9.53 Å². The summed E-state index contributed by atoms with van der Waals surface area (Å²) in [6, 6.07) is 13.8. The van der Waals surface area contributed by atoms with Crippen LogP contribution in [-0.2, 0) is 4.74 Å². The number of carbonyl (C=O) groups excluding carboxylic acids is 1. The van der Waals surface area contributed by atoms with Gasteiger partial charge in [0.15, 0.2) is 5.65 Å². The quantitative estimate of drug-likeness (QED) is 0.473. The molecule has 0 saturated heterocycles. The molecule has 0 spiro atoms. The number of fused-ring (bicyclic) bond motifs is 1. The average Bonchev–Trinajstić information content (AvgIpc) is 3.30. The van der Waals surface area contributed by atoms with Crippen LogP contribution < -0.4 is 0 Å². The van der Waals surface area contributed by atoms with E-state index in [0.29, 0.717) is 17.8 Å². The standard InChI is InChI=1S/C21H19N3O2S/c1-4-26-21(25)16-12-17(18-9-6-10-27-18)22-20-19(16)14(3)23-24(20)15-8-5-7-13(2)11-15/h5-12H,4H2,1-3H3. The minimum Gasteiger partial charge on any atom is -0.462 e. The number of rotatable bonds is 4. The molecule has 27 heavy (non-hydrogen) atoms. The van der Waals surface area contributed by atoms with Crippen LogP contribution >= 0.6 is 11.3 Å². The first-order chi connectivity index (χ1) is 13.1. The van der Waals surface area contributed by atoms with E-state index in [2.05, 4.69) is 11.2 Å². The van der Waals surface area contributed by atoms with Gasteiger partial charge < -0.3 is 4.74 Å². The van der Waals surface area contributed by atoms with Crippen molar-refractivity contribution in [2.75, 3.05) is 6.61 Å². The van der Waals surface area contributed by atoms with Crippen LogP contribution in [0.1, 0.15) is 28.5 Å². The van der Waals surface area contributed by atoms with Crippen LogP contribution in [0.15, 0.2) is 47.8 Å². The number of hydrogen-bond acceptors (Lipinski definition) is 5. The van der Waals surface area contributed by atoms with Crippen LogP contribution in [0.25, 0.3) is 27.3 Å². The van der Waals surface area contributed by atoms with E-state index >= 15 is 0 Å². The molecule has 0 amide bonds. The van der Waals surface area contributed by atoms with E-state index in [9.17, 15) is 4.79 Å². The van der Waals surface area contributed by atoms with Gasteiger partial charge in [-0.3, -0.25) is 0 Å². The summed E-state index contributed by atoms with van der Waals surface area (Å²) >= 11 is 1.58. The number of thiophene rings is 1. The third-order valence-electron chi connectivity index (χ3n) is 4.33. The van der Waals surface area contributed by atoms with Gasteiger partial charge in [0.2, 0.25) is 0 Å². The second-order valence-corrected chi connectivity index (χ2v) is 7.24. The van der Waals surface area contributed by atoms with Crippen LogP contribution in [0.3, 0.4) is 0 Å². The number of hydrogen-bond donors (Lipinski definition) is 0. The fourth-order valence-corrected chi connectivity index (χ4v) is 3.84. The smallest absolute Gasteiger partial charge is 0.339 e. The lowest BCUT2D eigenvalue weighted by atomic mass is 10.1. The highest BCUT2D eigenvalue weighted by molar-refractivity contribution is 7.13. The molecular formula is C21H19N3O2S. The monoisotopic (exact) mass is 377 g/mol. The van der Waals surface area contributed by atoms with E-state index in [0.717, 1.165) is 32.9 Å². The third kappa shape index (κ3) is 3.13. The molecule has 6 heteroatoms. The zero-order valence-electron chi connectivity index (χ0n) is 15.4. The summed E-state index contributed by atoms with van der Waals surface area (Å²) in [6.45, 7) is 6.06. The molecule has 0 aliphatic heterocycles. The number of benzene rings is 1. The zero-order chi connectivity index (χ0) is 19.0. The average molecular weight is 377 g/mol. The van der Waals surface area contributed by atoms with Gasteiger partial charge in [0, 0.05) is 0 Å². The molecule has 0 aliphatic carbocycles. The molecule has 0 saturated carbocycles. The van der Waals surface area contributed by atoms with Crippen LogP contribution in [0, 0.1) is 13.8 Å². The normalized spacial score (nSPS) is 11.1. The molecule has 0 radical (unpaired) electrons. The van der Waals surface area contributed by atoms with Gasteiger partial charge in [-0.15, -0.1) is 11.3 Å². The Morgan fingerprint density at radius 2 is 2.04 bits per heavy atom. The summed E-state index contributed by atoms with van der Waals surface area (Å²) in [5.41, 5.74) is 4.70. The lowest BCUT2D eigenvalue weighted by Crippen LogP contribution is -2.07. The van der Waals surface area contributed by atoms with Gasteiger partial charge in [0.05, 0.1) is 39.5 Å². The predicted octanol–water partition coefficient (Wildman–Crippen LogP) is 4.94. The minimum absolute atomic E-state index is 0.321. The molecular weight excluding hydrogens is 358 g/mol. The highest BCUT2D eigenvalue weighted by Gasteiger charge is 2.21. The first-order valence-electron chi connectivity index (χ1n) is 8.77. The van der Waals surface area contributed by atoms with Crippen LogP contribution in [0.5, 0.6) is 0 Å². The Kier molecular flexibility index (Phi) is 4.49. The minimum atomic E-state index is -0.352. The molecule has 0 aliphatic rings. The van der Waals surface area contributed by atoms with Gasteiger partial charge in [-0.25, -0.2) is 14.5 Å². The van der Waals surface area contributed by atoms with Crippen molar-refractivity contribution in [3.8, 4) is 16.3 Å². The maximum absolute atomic E-state index is 12.6. The number of carbonyl (C=O) groups is 1. The van der Waals surface area contributed by atoms with Gasteiger partial charge in [-0.1, -0.05) is 18.2 Å². The zero-order valence-corrected chi connectivity index (χ0v) is 16.2. The van der Waals surface area contributed by atoms with Crippen LogP contribution in [-0.4, -0.2) is 27.3 Å². The molecule has 5 nitrogen and oxygen atoms in total. The van der Waals surface area contributed by atoms with Gasteiger partial charge >= 0.3 is 5.97 Å². The molecule has 3 heterocycles. The Labute approximate surface area is 161 Å². The summed E-state index contributed by atoms with van der Waals surface area (Å²) in [6.07, 6.45) is 0.